The molecule has 0 fully saturated rings. The van der Waals surface area contributed by atoms with E-state index in [-0.39, 0.29) is 11.9 Å². The summed E-state index contributed by atoms with van der Waals surface area (Å²) in [5, 5.41) is 29.1. The highest BCUT2D eigenvalue weighted by molar-refractivity contribution is 5.33. The highest BCUT2D eigenvalue weighted by Crippen LogP contribution is 2.25. The van der Waals surface area contributed by atoms with Gasteiger partial charge in [-0.15, -0.1) is 5.73 Å². The van der Waals surface area contributed by atoms with Crippen LogP contribution in [0.5, 0.6) is 5.75 Å². The maximum absolute atomic E-state index is 10.0. The first kappa shape index (κ1) is 16.5. The third-order valence-corrected chi connectivity index (χ3v) is 3.04. The van der Waals surface area contributed by atoms with Crippen LogP contribution in [0.3, 0.4) is 0 Å². The molecule has 0 radical (unpaired) electrons. The topological polar surface area (TPSA) is 60.7 Å². The van der Waals surface area contributed by atoms with Crippen molar-refractivity contribution < 1.29 is 15.3 Å². The molecule has 0 aromatic heterocycles. The van der Waals surface area contributed by atoms with E-state index in [1.54, 1.807) is 37.3 Å². The normalized spacial score (nSPS) is 13.4. The molecule has 0 saturated heterocycles. The van der Waals surface area contributed by atoms with E-state index < -0.39 is 6.10 Å². The van der Waals surface area contributed by atoms with Crippen molar-refractivity contribution in [2.45, 2.75) is 51.7 Å². The molecule has 0 saturated carbocycles. The number of aliphatic hydroxyl groups is 2. The maximum Gasteiger partial charge on any atom is 0.121 e. The van der Waals surface area contributed by atoms with Crippen LogP contribution in [0.15, 0.2) is 41.6 Å². The van der Waals surface area contributed by atoms with Crippen LogP contribution in [-0.2, 0) is 0 Å². The molecule has 3 N–H and O–H groups in total. The molecule has 110 valence electrons. The molecular weight excluding hydrogens is 252 g/mol. The number of hydrogen-bond donors (Lipinski definition) is 3. The second-order valence-electron chi connectivity index (χ2n) is 5.07. The van der Waals surface area contributed by atoms with Crippen LogP contribution in [0.25, 0.3) is 0 Å². The van der Waals surface area contributed by atoms with Crippen molar-refractivity contribution in [3.05, 3.63) is 47.2 Å². The second-order valence-corrected chi connectivity index (χ2v) is 5.07. The Kier molecular flexibility index (Phi) is 7.10. The summed E-state index contributed by atoms with van der Waals surface area (Å²) in [7, 11) is 0. The fourth-order valence-electron chi connectivity index (χ4n) is 2.10. The third-order valence-electron chi connectivity index (χ3n) is 3.04. The second kappa shape index (κ2) is 8.60. The van der Waals surface area contributed by atoms with Crippen LogP contribution in [-0.4, -0.2) is 21.4 Å². The van der Waals surface area contributed by atoms with Crippen molar-refractivity contribution in [2.24, 2.45) is 0 Å². The molecule has 3 nitrogen and oxygen atoms in total. The van der Waals surface area contributed by atoms with Crippen molar-refractivity contribution in [3.8, 4) is 5.75 Å². The van der Waals surface area contributed by atoms with E-state index in [0.717, 1.165) is 18.4 Å². The van der Waals surface area contributed by atoms with Gasteiger partial charge >= 0.3 is 0 Å². The largest absolute Gasteiger partial charge is 0.508 e. The number of hydrogen-bond acceptors (Lipinski definition) is 3. The van der Waals surface area contributed by atoms with E-state index in [4.69, 9.17) is 0 Å². The average Bonchev–Trinajstić information content (AvgIpc) is 2.38. The van der Waals surface area contributed by atoms with Gasteiger partial charge in [-0.2, -0.15) is 0 Å². The summed E-state index contributed by atoms with van der Waals surface area (Å²) in [6.07, 6.45) is 3.57. The number of rotatable bonds is 7. The SMILES string of the molecule is CCCC(=C=CC[C@@H](O)c1ccccc1O)C[C@H](C)O. The Morgan fingerprint density at radius 2 is 2.00 bits per heavy atom. The van der Waals surface area contributed by atoms with E-state index in [0.29, 0.717) is 18.4 Å². The van der Waals surface area contributed by atoms with E-state index in [1.807, 2.05) is 0 Å². The Hall–Kier alpha value is -1.54. The molecule has 2 atom stereocenters. The zero-order valence-corrected chi connectivity index (χ0v) is 12.2. The monoisotopic (exact) mass is 276 g/mol. The first-order chi connectivity index (χ1) is 9.54. The minimum Gasteiger partial charge on any atom is -0.508 e. The van der Waals surface area contributed by atoms with Crippen molar-refractivity contribution in [2.75, 3.05) is 0 Å². The number of phenols is 1. The lowest BCUT2D eigenvalue weighted by atomic mass is 10.0. The maximum atomic E-state index is 10.0. The summed E-state index contributed by atoms with van der Waals surface area (Å²) in [6.45, 7) is 3.84. The summed E-state index contributed by atoms with van der Waals surface area (Å²) < 4.78 is 0. The van der Waals surface area contributed by atoms with Crippen molar-refractivity contribution in [1.82, 2.24) is 0 Å². The number of benzene rings is 1. The zero-order valence-electron chi connectivity index (χ0n) is 12.2. The molecule has 0 heterocycles. The standard InChI is InChI=1S/C17H24O3/c1-3-7-14(12-13(2)18)8-6-11-17(20)15-9-4-5-10-16(15)19/h4-6,9-10,13,17-20H,3,7,11-12H2,1-2H3/t8?,13-,17+/m0/s1. The van der Waals surface area contributed by atoms with Crippen LogP contribution in [0, 0.1) is 0 Å². The zero-order chi connectivity index (χ0) is 15.0. The van der Waals surface area contributed by atoms with Gasteiger partial charge in [0.15, 0.2) is 0 Å². The summed E-state index contributed by atoms with van der Waals surface area (Å²) in [5.74, 6) is 0.107. The molecule has 1 aromatic rings. The lowest BCUT2D eigenvalue weighted by molar-refractivity contribution is 0.177. The Labute approximate surface area is 120 Å². The fraction of sp³-hybridized carbons (Fsp3) is 0.471. The quantitative estimate of drug-likeness (QED) is 0.668. The fourth-order valence-corrected chi connectivity index (χ4v) is 2.10. The minimum atomic E-state index is -0.738. The molecule has 0 aliphatic heterocycles. The molecule has 1 aromatic carbocycles. The molecule has 20 heavy (non-hydrogen) atoms. The van der Waals surface area contributed by atoms with Gasteiger partial charge in [0.25, 0.3) is 0 Å². The van der Waals surface area contributed by atoms with Gasteiger partial charge in [0.05, 0.1) is 12.2 Å². The van der Waals surface area contributed by atoms with Crippen LogP contribution < -0.4 is 0 Å². The number of aliphatic hydroxyl groups excluding tert-OH is 2. The Balaban J connectivity index is 2.72. The molecule has 0 spiro atoms. The van der Waals surface area contributed by atoms with Gasteiger partial charge in [0, 0.05) is 18.4 Å². The third kappa shape index (κ3) is 5.62. The van der Waals surface area contributed by atoms with E-state index >= 15 is 0 Å². The number of aromatic hydroxyl groups is 1. The van der Waals surface area contributed by atoms with Gasteiger partial charge in [-0.3, -0.25) is 0 Å². The lowest BCUT2D eigenvalue weighted by Gasteiger charge is -2.09. The molecule has 0 bridgehead atoms. The average molecular weight is 276 g/mol. The first-order valence-electron chi connectivity index (χ1n) is 7.11. The van der Waals surface area contributed by atoms with Crippen LogP contribution in [0.2, 0.25) is 0 Å². The molecule has 3 heteroatoms. The van der Waals surface area contributed by atoms with Crippen molar-refractivity contribution in [1.29, 1.82) is 0 Å². The summed E-state index contributed by atoms with van der Waals surface area (Å²) in [4.78, 5) is 0. The summed E-state index contributed by atoms with van der Waals surface area (Å²) in [5.41, 5.74) is 4.75. The van der Waals surface area contributed by atoms with Gasteiger partial charge in [-0.05, 0) is 31.1 Å². The van der Waals surface area contributed by atoms with Crippen molar-refractivity contribution >= 4 is 0 Å². The predicted molar refractivity (Wildman–Crippen MR) is 80.5 cm³/mol. The van der Waals surface area contributed by atoms with Crippen LogP contribution in [0.1, 0.15) is 51.2 Å². The van der Waals surface area contributed by atoms with Gasteiger partial charge < -0.3 is 15.3 Å². The Bertz CT molecular complexity index is 471. The summed E-state index contributed by atoms with van der Waals surface area (Å²) >= 11 is 0. The first-order valence-corrected chi connectivity index (χ1v) is 7.11. The minimum absolute atomic E-state index is 0.107. The number of para-hydroxylation sites is 1. The smallest absolute Gasteiger partial charge is 0.121 e. The van der Waals surface area contributed by atoms with Crippen LogP contribution >= 0.6 is 0 Å². The van der Waals surface area contributed by atoms with E-state index in [9.17, 15) is 15.3 Å². The van der Waals surface area contributed by atoms with Gasteiger partial charge in [-0.1, -0.05) is 31.5 Å². The predicted octanol–water partition coefficient (Wildman–Crippen LogP) is 3.47. The molecule has 0 amide bonds. The lowest BCUT2D eigenvalue weighted by Crippen LogP contribution is -2.00. The van der Waals surface area contributed by atoms with Gasteiger partial charge in [-0.25, -0.2) is 0 Å². The number of phenolic OH excluding ortho intramolecular Hbond substituents is 1. The molecule has 1 rings (SSSR count). The Morgan fingerprint density at radius 1 is 1.30 bits per heavy atom. The molecule has 0 unspecified atom stereocenters. The van der Waals surface area contributed by atoms with E-state index in [1.165, 1.54) is 0 Å². The Morgan fingerprint density at radius 3 is 2.60 bits per heavy atom. The molecular formula is C17H24O3. The van der Waals surface area contributed by atoms with E-state index in [2.05, 4.69) is 12.7 Å². The highest BCUT2D eigenvalue weighted by Gasteiger charge is 2.09. The van der Waals surface area contributed by atoms with Gasteiger partial charge in [0.1, 0.15) is 5.75 Å². The molecule has 0 aliphatic rings. The molecule has 0 aliphatic carbocycles. The van der Waals surface area contributed by atoms with Crippen LogP contribution in [0.4, 0.5) is 0 Å². The summed E-state index contributed by atoms with van der Waals surface area (Å²) in [6, 6.07) is 6.78. The highest BCUT2D eigenvalue weighted by atomic mass is 16.3. The van der Waals surface area contributed by atoms with Gasteiger partial charge in [0.2, 0.25) is 0 Å². The van der Waals surface area contributed by atoms with Crippen molar-refractivity contribution in [3.63, 3.8) is 0 Å².